The molecule has 1 saturated heterocycles. The van der Waals surface area contributed by atoms with Gasteiger partial charge in [-0.25, -0.2) is 4.39 Å². The maximum atomic E-state index is 13.5. The Morgan fingerprint density at radius 3 is 2.65 bits per heavy atom. The maximum Gasteiger partial charge on any atom is 0.161 e. The number of nitrogens with one attached hydrogen (secondary N) is 3. The standard InChI is InChI=1S/C25H29ClFN5O2/c1-31-7-9-32(10-8-31)6-3-11-34-23-13-16-12-19-24(18(16)15-22(23)33-2)29-30-25(19)28-17-4-5-21(27)20(26)14-17/h4-5,12-15,28-30H,3,6-11H2,1-2H3. The highest BCUT2D eigenvalue weighted by Gasteiger charge is 2.20. The van der Waals surface area contributed by atoms with Crippen molar-refractivity contribution in [3.8, 4) is 22.8 Å². The van der Waals surface area contributed by atoms with Crippen molar-refractivity contribution in [3.63, 3.8) is 0 Å². The molecule has 2 heterocycles. The Hall–Kier alpha value is -2.94. The number of hydrogen-bond acceptors (Lipinski definition) is 5. The Balaban J connectivity index is 1.30. The number of rotatable bonds is 8. The van der Waals surface area contributed by atoms with Gasteiger partial charge in [0.15, 0.2) is 11.5 Å². The summed E-state index contributed by atoms with van der Waals surface area (Å²) in [6.07, 6.45) is 0.968. The van der Waals surface area contributed by atoms with Gasteiger partial charge in [0.05, 0.1) is 24.4 Å². The lowest BCUT2D eigenvalue weighted by molar-refractivity contribution is 0.145. The number of aromatic amines is 2. The van der Waals surface area contributed by atoms with E-state index in [0.717, 1.165) is 72.7 Å². The molecule has 0 unspecified atom stereocenters. The lowest BCUT2D eigenvalue weighted by Gasteiger charge is -2.32. The number of piperazine rings is 1. The number of benzene rings is 2. The van der Waals surface area contributed by atoms with Gasteiger partial charge >= 0.3 is 0 Å². The minimum absolute atomic E-state index is 0.0728. The van der Waals surface area contributed by atoms with E-state index >= 15 is 0 Å². The first kappa shape index (κ1) is 22.8. The number of methoxy groups -OCH3 is 1. The van der Waals surface area contributed by atoms with Crippen LogP contribution in [0.15, 0.2) is 36.4 Å². The summed E-state index contributed by atoms with van der Waals surface area (Å²) in [4.78, 5) is 4.85. The number of H-pyrrole nitrogens is 2. The molecule has 3 N–H and O–H groups in total. The third kappa shape index (κ3) is 4.66. The summed E-state index contributed by atoms with van der Waals surface area (Å²) in [7, 11) is 3.83. The van der Waals surface area contributed by atoms with Gasteiger partial charge in [-0.1, -0.05) is 11.6 Å². The molecule has 0 saturated carbocycles. The van der Waals surface area contributed by atoms with Crippen LogP contribution in [0.2, 0.25) is 5.02 Å². The number of aromatic nitrogens is 2. The molecular formula is C25H29ClFN5O2. The molecule has 1 aliphatic carbocycles. The van der Waals surface area contributed by atoms with Gasteiger partial charge in [0.1, 0.15) is 11.6 Å². The second kappa shape index (κ2) is 9.74. The summed E-state index contributed by atoms with van der Waals surface area (Å²) < 4.78 is 25.2. The van der Waals surface area contributed by atoms with Crippen LogP contribution in [0.1, 0.15) is 6.42 Å². The van der Waals surface area contributed by atoms with Gasteiger partial charge in [0, 0.05) is 49.4 Å². The van der Waals surface area contributed by atoms with Crippen molar-refractivity contribution in [2.24, 2.45) is 0 Å². The minimum atomic E-state index is -0.447. The lowest BCUT2D eigenvalue weighted by Crippen LogP contribution is -2.44. The number of anilines is 2. The zero-order valence-electron chi connectivity index (χ0n) is 19.4. The van der Waals surface area contributed by atoms with Gasteiger partial charge in [0.2, 0.25) is 0 Å². The molecule has 5 rings (SSSR count). The summed E-state index contributed by atoms with van der Waals surface area (Å²) in [6, 6.07) is 10.7. The third-order valence-electron chi connectivity index (χ3n) is 6.42. The fourth-order valence-electron chi connectivity index (χ4n) is 4.44. The topological polar surface area (TPSA) is 68.5 Å². The largest absolute Gasteiger partial charge is 0.493 e. The first-order chi connectivity index (χ1) is 16.5. The van der Waals surface area contributed by atoms with Crippen LogP contribution in [-0.2, 0) is 0 Å². The number of ether oxygens (including phenoxy) is 2. The maximum absolute atomic E-state index is 13.5. The summed E-state index contributed by atoms with van der Waals surface area (Å²) in [6.45, 7) is 6.15. The SMILES string of the molecule is COc1cc2c3[nH][nH]c(Nc4ccc(F)c(Cl)c4)c-3cc2cc1OCCCN1CCN(C)CC1. The number of likely N-dealkylation sites (N-methyl/N-ethyl adjacent to an activating group) is 1. The fraction of sp³-hybridized carbons (Fsp3) is 0.360. The smallest absolute Gasteiger partial charge is 0.161 e. The number of hydrogen-bond donors (Lipinski definition) is 3. The van der Waals surface area contributed by atoms with Crippen molar-refractivity contribution in [2.45, 2.75) is 6.42 Å². The first-order valence-corrected chi connectivity index (χ1v) is 11.9. The average Bonchev–Trinajstić information content (AvgIpc) is 3.39. The van der Waals surface area contributed by atoms with E-state index in [2.05, 4.69) is 38.4 Å². The summed E-state index contributed by atoms with van der Waals surface area (Å²) in [5, 5.41) is 11.8. The van der Waals surface area contributed by atoms with Crippen molar-refractivity contribution in [1.82, 2.24) is 20.0 Å². The van der Waals surface area contributed by atoms with Crippen LogP contribution in [0.5, 0.6) is 11.5 Å². The summed E-state index contributed by atoms with van der Waals surface area (Å²) >= 11 is 5.92. The zero-order chi connectivity index (χ0) is 23.7. The van der Waals surface area contributed by atoms with Crippen molar-refractivity contribution in [3.05, 3.63) is 47.2 Å². The Kier molecular flexibility index (Phi) is 6.54. The molecule has 9 heteroatoms. The predicted molar refractivity (Wildman–Crippen MR) is 135 cm³/mol. The molecule has 0 spiro atoms. The van der Waals surface area contributed by atoms with E-state index in [4.69, 9.17) is 21.1 Å². The molecule has 7 nitrogen and oxygen atoms in total. The van der Waals surface area contributed by atoms with E-state index in [1.54, 1.807) is 19.2 Å². The monoisotopic (exact) mass is 485 g/mol. The van der Waals surface area contributed by atoms with Gasteiger partial charge < -0.3 is 24.6 Å². The van der Waals surface area contributed by atoms with Crippen LogP contribution < -0.4 is 14.8 Å². The summed E-state index contributed by atoms with van der Waals surface area (Å²) in [5.74, 6) is 1.76. The molecule has 0 atom stereocenters. The Morgan fingerprint density at radius 2 is 1.88 bits per heavy atom. The number of halogens is 2. The van der Waals surface area contributed by atoms with Crippen LogP contribution in [0.3, 0.4) is 0 Å². The summed E-state index contributed by atoms with van der Waals surface area (Å²) in [5.41, 5.74) is 2.62. The fourth-order valence-corrected chi connectivity index (χ4v) is 4.62. The molecule has 0 aromatic heterocycles. The third-order valence-corrected chi connectivity index (χ3v) is 6.71. The molecule has 2 aromatic carbocycles. The van der Waals surface area contributed by atoms with Crippen LogP contribution in [0.4, 0.5) is 15.9 Å². The highest BCUT2D eigenvalue weighted by atomic mass is 35.5. The van der Waals surface area contributed by atoms with Gasteiger partial charge in [-0.05, 0) is 55.3 Å². The molecule has 1 fully saturated rings. The van der Waals surface area contributed by atoms with E-state index in [-0.39, 0.29) is 5.02 Å². The van der Waals surface area contributed by atoms with Crippen molar-refractivity contribution < 1.29 is 13.9 Å². The van der Waals surface area contributed by atoms with Crippen molar-refractivity contribution in [1.29, 1.82) is 0 Å². The second-order valence-corrected chi connectivity index (χ2v) is 9.16. The van der Waals surface area contributed by atoms with E-state index in [0.29, 0.717) is 18.0 Å². The van der Waals surface area contributed by atoms with Gasteiger partial charge in [0.25, 0.3) is 0 Å². The Bertz CT molecular complexity index is 1250. The second-order valence-electron chi connectivity index (χ2n) is 8.75. The molecular weight excluding hydrogens is 457 g/mol. The zero-order valence-corrected chi connectivity index (χ0v) is 20.1. The molecule has 2 aromatic rings. The minimum Gasteiger partial charge on any atom is -0.493 e. The molecule has 0 bridgehead atoms. The Morgan fingerprint density at radius 1 is 1.06 bits per heavy atom. The number of nitrogens with zero attached hydrogens (tertiary/aromatic N) is 2. The van der Waals surface area contributed by atoms with Crippen LogP contribution in [-0.4, -0.2) is 73.5 Å². The molecule has 34 heavy (non-hydrogen) atoms. The van der Waals surface area contributed by atoms with E-state index in [1.165, 1.54) is 6.07 Å². The van der Waals surface area contributed by atoms with Crippen LogP contribution >= 0.6 is 11.6 Å². The Labute approximate surface area is 203 Å². The first-order valence-electron chi connectivity index (χ1n) is 11.5. The van der Waals surface area contributed by atoms with Crippen molar-refractivity contribution in [2.75, 3.05) is 58.8 Å². The lowest BCUT2D eigenvalue weighted by atomic mass is 10.2. The highest BCUT2D eigenvalue weighted by molar-refractivity contribution is 6.31. The number of fused-ring (bicyclic) bond motifs is 3. The van der Waals surface area contributed by atoms with Gasteiger partial charge in [-0.3, -0.25) is 10.2 Å². The van der Waals surface area contributed by atoms with Gasteiger partial charge in [-0.15, -0.1) is 0 Å². The van der Waals surface area contributed by atoms with Gasteiger partial charge in [-0.2, -0.15) is 0 Å². The predicted octanol–water partition coefficient (Wildman–Crippen LogP) is 5.16. The molecule has 3 aliphatic rings. The van der Waals surface area contributed by atoms with Crippen LogP contribution in [0.25, 0.3) is 22.0 Å². The quantitative estimate of drug-likeness (QED) is 0.301. The van der Waals surface area contributed by atoms with Crippen LogP contribution in [0, 0.1) is 5.82 Å². The van der Waals surface area contributed by atoms with E-state index in [1.807, 2.05) is 12.1 Å². The van der Waals surface area contributed by atoms with E-state index < -0.39 is 5.82 Å². The molecule has 0 radical (unpaired) electrons. The molecule has 0 amide bonds. The van der Waals surface area contributed by atoms with Crippen molar-refractivity contribution >= 4 is 33.9 Å². The average molecular weight is 486 g/mol. The van der Waals surface area contributed by atoms with E-state index in [9.17, 15) is 4.39 Å². The molecule has 180 valence electrons. The molecule has 2 aliphatic heterocycles. The highest BCUT2D eigenvalue weighted by Crippen LogP contribution is 2.43. The normalized spacial score (nSPS) is 15.3.